The van der Waals surface area contributed by atoms with Gasteiger partial charge in [0.1, 0.15) is 6.07 Å². The number of anilines is 1. The van der Waals surface area contributed by atoms with Gasteiger partial charge in [-0.1, -0.05) is 25.5 Å². The van der Waals surface area contributed by atoms with Crippen LogP contribution in [0.2, 0.25) is 0 Å². The molecule has 0 radical (unpaired) electrons. The first-order valence-electron chi connectivity index (χ1n) is 8.98. The van der Waals surface area contributed by atoms with E-state index in [4.69, 9.17) is 5.73 Å². The maximum atomic E-state index is 9.27. The van der Waals surface area contributed by atoms with Crippen LogP contribution >= 0.6 is 0 Å². The van der Waals surface area contributed by atoms with Gasteiger partial charge in [-0.3, -0.25) is 0 Å². The molecule has 0 bridgehead atoms. The van der Waals surface area contributed by atoms with Crippen LogP contribution in [0.15, 0.2) is 24.3 Å². The lowest BCUT2D eigenvalue weighted by Crippen LogP contribution is -2.45. The van der Waals surface area contributed by atoms with Crippen molar-refractivity contribution in [1.82, 2.24) is 4.90 Å². The van der Waals surface area contributed by atoms with Crippen molar-refractivity contribution in [2.24, 2.45) is 5.73 Å². The molecule has 0 atom stereocenters. The second kappa shape index (κ2) is 9.54. The minimum atomic E-state index is 0.684. The van der Waals surface area contributed by atoms with Crippen LogP contribution < -0.4 is 10.6 Å². The highest BCUT2D eigenvalue weighted by atomic mass is 15.2. The van der Waals surface area contributed by atoms with Gasteiger partial charge in [0, 0.05) is 19.1 Å². The second-order valence-electron chi connectivity index (χ2n) is 6.33. The van der Waals surface area contributed by atoms with E-state index in [0.717, 1.165) is 43.9 Å². The van der Waals surface area contributed by atoms with Crippen LogP contribution in [0.5, 0.6) is 0 Å². The highest BCUT2D eigenvalue weighted by Gasteiger charge is 2.24. The number of piperidine rings is 1. The fourth-order valence-corrected chi connectivity index (χ4v) is 3.55. The highest BCUT2D eigenvalue weighted by molar-refractivity contribution is 5.59. The zero-order valence-corrected chi connectivity index (χ0v) is 14.4. The minimum Gasteiger partial charge on any atom is -0.370 e. The van der Waals surface area contributed by atoms with Gasteiger partial charge in [-0.25, -0.2) is 0 Å². The first-order valence-corrected chi connectivity index (χ1v) is 8.98. The molecule has 1 aliphatic rings. The number of para-hydroxylation sites is 1. The topological polar surface area (TPSA) is 56.3 Å². The molecule has 0 aromatic heterocycles. The number of nitriles is 1. The van der Waals surface area contributed by atoms with Crippen molar-refractivity contribution in [3.05, 3.63) is 29.8 Å². The number of nitrogens with two attached hydrogens (primary N) is 1. The van der Waals surface area contributed by atoms with Crippen LogP contribution in [0.4, 0.5) is 5.69 Å². The third-order valence-corrected chi connectivity index (χ3v) is 4.90. The molecular weight excluding hydrogens is 284 g/mol. The van der Waals surface area contributed by atoms with Gasteiger partial charge in [-0.2, -0.15) is 5.26 Å². The Morgan fingerprint density at radius 3 is 2.61 bits per heavy atom. The lowest BCUT2D eigenvalue weighted by molar-refractivity contribution is 0.174. The molecule has 0 unspecified atom stereocenters. The van der Waals surface area contributed by atoms with E-state index in [1.54, 1.807) is 0 Å². The van der Waals surface area contributed by atoms with E-state index in [9.17, 15) is 5.26 Å². The quantitative estimate of drug-likeness (QED) is 0.750. The zero-order valence-electron chi connectivity index (χ0n) is 14.4. The molecule has 1 saturated heterocycles. The van der Waals surface area contributed by atoms with Gasteiger partial charge in [0.25, 0.3) is 0 Å². The van der Waals surface area contributed by atoms with E-state index in [-0.39, 0.29) is 0 Å². The van der Waals surface area contributed by atoms with E-state index in [1.165, 1.54) is 32.2 Å². The molecule has 2 rings (SSSR count). The molecule has 1 fully saturated rings. The highest BCUT2D eigenvalue weighted by Crippen LogP contribution is 2.25. The third kappa shape index (κ3) is 4.95. The maximum absolute atomic E-state index is 9.27. The largest absolute Gasteiger partial charge is 0.370 e. The zero-order chi connectivity index (χ0) is 16.5. The van der Waals surface area contributed by atoms with Gasteiger partial charge in [-0.05, 0) is 57.5 Å². The smallest absolute Gasteiger partial charge is 0.101 e. The fourth-order valence-electron chi connectivity index (χ4n) is 3.55. The van der Waals surface area contributed by atoms with Crippen LogP contribution in [-0.2, 0) is 0 Å². The summed E-state index contributed by atoms with van der Waals surface area (Å²) in [5, 5.41) is 9.27. The average Bonchev–Trinajstić information content (AvgIpc) is 2.62. The van der Waals surface area contributed by atoms with Gasteiger partial charge in [0.15, 0.2) is 0 Å². The summed E-state index contributed by atoms with van der Waals surface area (Å²) in [6.07, 6.45) is 6.00. The number of unbranched alkanes of at least 4 members (excludes halogenated alkanes) is 2. The summed E-state index contributed by atoms with van der Waals surface area (Å²) in [5.41, 5.74) is 7.46. The Hall–Kier alpha value is -1.57. The van der Waals surface area contributed by atoms with Crippen molar-refractivity contribution in [3.63, 3.8) is 0 Å². The predicted octanol–water partition coefficient (Wildman–Crippen LogP) is 2.98. The van der Waals surface area contributed by atoms with Crippen molar-refractivity contribution < 1.29 is 0 Å². The van der Waals surface area contributed by atoms with Crippen molar-refractivity contribution in [2.75, 3.05) is 37.6 Å². The molecule has 0 aliphatic carbocycles. The summed E-state index contributed by atoms with van der Waals surface area (Å²) < 4.78 is 0. The Bertz CT molecular complexity index is 500. The Labute approximate surface area is 140 Å². The van der Waals surface area contributed by atoms with E-state index < -0.39 is 0 Å². The number of nitrogens with zero attached hydrogens (tertiary/aromatic N) is 3. The molecule has 4 heteroatoms. The molecule has 23 heavy (non-hydrogen) atoms. The molecule has 0 saturated carbocycles. The molecule has 1 aromatic carbocycles. The fraction of sp³-hybridized carbons (Fsp3) is 0.632. The molecule has 0 spiro atoms. The van der Waals surface area contributed by atoms with Gasteiger partial charge in [-0.15, -0.1) is 0 Å². The van der Waals surface area contributed by atoms with Crippen molar-refractivity contribution >= 4 is 5.69 Å². The predicted molar refractivity (Wildman–Crippen MR) is 96.5 cm³/mol. The first-order chi connectivity index (χ1) is 11.3. The summed E-state index contributed by atoms with van der Waals surface area (Å²) in [6, 6.07) is 11.0. The number of rotatable bonds is 8. The van der Waals surface area contributed by atoms with Crippen molar-refractivity contribution in [2.45, 2.75) is 45.1 Å². The second-order valence-corrected chi connectivity index (χ2v) is 6.33. The standard InChI is InChI=1S/C19H30N4/c1-2-22(13-7-3-6-12-20)18-10-14-23(15-11-18)19-9-5-4-8-17(19)16-21/h4-5,8-9,18H,2-3,6-7,10-15,20H2,1H3. The molecule has 1 heterocycles. The van der Waals surface area contributed by atoms with E-state index in [1.807, 2.05) is 18.2 Å². The Kier molecular flexibility index (Phi) is 7.38. The van der Waals surface area contributed by atoms with Crippen LogP contribution in [0.1, 0.15) is 44.6 Å². The third-order valence-electron chi connectivity index (χ3n) is 4.90. The van der Waals surface area contributed by atoms with E-state index in [2.05, 4.69) is 28.9 Å². The lowest BCUT2D eigenvalue weighted by Gasteiger charge is -2.39. The Morgan fingerprint density at radius 1 is 1.22 bits per heavy atom. The van der Waals surface area contributed by atoms with Crippen LogP contribution in [0.25, 0.3) is 0 Å². The Morgan fingerprint density at radius 2 is 1.96 bits per heavy atom. The lowest BCUT2D eigenvalue weighted by atomic mass is 10.0. The van der Waals surface area contributed by atoms with E-state index >= 15 is 0 Å². The molecule has 4 nitrogen and oxygen atoms in total. The SMILES string of the molecule is CCN(CCCCCN)C1CCN(c2ccccc2C#N)CC1. The van der Waals surface area contributed by atoms with Gasteiger partial charge in [0.2, 0.25) is 0 Å². The summed E-state index contributed by atoms with van der Waals surface area (Å²) in [7, 11) is 0. The first kappa shape index (κ1) is 17.8. The number of benzene rings is 1. The number of hydrogen-bond donors (Lipinski definition) is 1. The van der Waals surface area contributed by atoms with Crippen molar-refractivity contribution in [3.8, 4) is 6.07 Å². The minimum absolute atomic E-state index is 0.684. The molecule has 0 amide bonds. The molecular formula is C19H30N4. The van der Waals surface area contributed by atoms with Gasteiger partial charge in [0.05, 0.1) is 11.3 Å². The van der Waals surface area contributed by atoms with Gasteiger partial charge >= 0.3 is 0 Å². The Balaban J connectivity index is 1.86. The molecule has 1 aliphatic heterocycles. The van der Waals surface area contributed by atoms with Crippen LogP contribution in [0.3, 0.4) is 0 Å². The van der Waals surface area contributed by atoms with Gasteiger partial charge < -0.3 is 15.5 Å². The summed E-state index contributed by atoms with van der Waals surface area (Å²) in [6.45, 7) is 7.48. The molecule has 126 valence electrons. The normalized spacial score (nSPS) is 15.8. The number of hydrogen-bond acceptors (Lipinski definition) is 4. The van der Waals surface area contributed by atoms with Crippen LogP contribution in [-0.4, -0.2) is 43.7 Å². The average molecular weight is 314 g/mol. The van der Waals surface area contributed by atoms with Crippen LogP contribution in [0, 0.1) is 11.3 Å². The summed E-state index contributed by atoms with van der Waals surface area (Å²) >= 11 is 0. The summed E-state index contributed by atoms with van der Waals surface area (Å²) in [5.74, 6) is 0. The molecule has 2 N–H and O–H groups in total. The molecule has 1 aromatic rings. The van der Waals surface area contributed by atoms with E-state index in [0.29, 0.717) is 6.04 Å². The summed E-state index contributed by atoms with van der Waals surface area (Å²) in [4.78, 5) is 5.00. The monoisotopic (exact) mass is 314 g/mol. The maximum Gasteiger partial charge on any atom is 0.101 e. The van der Waals surface area contributed by atoms with Crippen molar-refractivity contribution in [1.29, 1.82) is 5.26 Å².